The Bertz CT molecular complexity index is 941. The van der Waals surface area contributed by atoms with Gasteiger partial charge in [-0.25, -0.2) is 8.42 Å². The number of anilines is 1. The van der Waals surface area contributed by atoms with Crippen molar-refractivity contribution in [2.45, 2.75) is 24.2 Å². The van der Waals surface area contributed by atoms with E-state index in [1.54, 1.807) is 6.07 Å². The summed E-state index contributed by atoms with van der Waals surface area (Å²) in [6, 6.07) is 14.3. The Morgan fingerprint density at radius 3 is 2.52 bits per heavy atom. The van der Waals surface area contributed by atoms with Crippen molar-refractivity contribution in [1.82, 2.24) is 4.31 Å². The number of hydrogen-bond acceptors (Lipinski definition) is 5. The van der Waals surface area contributed by atoms with Gasteiger partial charge in [0.05, 0.1) is 30.9 Å². The Hall–Kier alpha value is -2.42. The van der Waals surface area contributed by atoms with Crippen LogP contribution in [-0.2, 0) is 19.6 Å². The van der Waals surface area contributed by atoms with E-state index in [-0.39, 0.29) is 23.1 Å². The molecule has 1 saturated heterocycles. The molecule has 29 heavy (non-hydrogen) atoms. The lowest BCUT2D eigenvalue weighted by Crippen LogP contribution is -2.40. The molecule has 1 heterocycles. The second kappa shape index (κ2) is 9.39. The number of morpholine rings is 1. The van der Waals surface area contributed by atoms with Crippen LogP contribution in [0.4, 0.5) is 5.69 Å². The van der Waals surface area contributed by atoms with Crippen LogP contribution >= 0.6 is 0 Å². The molecule has 8 heteroatoms. The number of carbonyl (C=O) groups is 1. The summed E-state index contributed by atoms with van der Waals surface area (Å²) in [6.45, 7) is 3.34. The average molecular weight is 419 g/mol. The first-order valence-electron chi connectivity index (χ1n) is 9.52. The van der Waals surface area contributed by atoms with Gasteiger partial charge in [-0.3, -0.25) is 4.79 Å². The number of carbonyl (C=O) groups excluding carboxylic acids is 1. The predicted molar refractivity (Wildman–Crippen MR) is 111 cm³/mol. The van der Waals surface area contributed by atoms with Crippen molar-refractivity contribution in [3.05, 3.63) is 54.1 Å². The number of amides is 1. The molecule has 2 aromatic carbocycles. The van der Waals surface area contributed by atoms with Crippen molar-refractivity contribution in [3.8, 4) is 5.75 Å². The fourth-order valence-electron chi connectivity index (χ4n) is 3.26. The van der Waals surface area contributed by atoms with Crippen molar-refractivity contribution in [1.29, 1.82) is 0 Å². The lowest BCUT2D eigenvalue weighted by atomic mass is 9.97. The summed E-state index contributed by atoms with van der Waals surface area (Å²) in [5.74, 6) is 0.231. The van der Waals surface area contributed by atoms with Crippen LogP contribution in [0.15, 0.2) is 53.4 Å². The van der Waals surface area contributed by atoms with Crippen LogP contribution in [0.1, 0.15) is 24.8 Å². The van der Waals surface area contributed by atoms with E-state index < -0.39 is 10.0 Å². The van der Waals surface area contributed by atoms with Crippen LogP contribution < -0.4 is 10.1 Å². The van der Waals surface area contributed by atoms with E-state index in [1.165, 1.54) is 23.5 Å². The average Bonchev–Trinajstić information content (AvgIpc) is 2.74. The summed E-state index contributed by atoms with van der Waals surface area (Å²) >= 11 is 0. The number of rotatable bonds is 7. The third-order valence-electron chi connectivity index (χ3n) is 4.91. The predicted octanol–water partition coefficient (Wildman–Crippen LogP) is 2.85. The zero-order valence-corrected chi connectivity index (χ0v) is 17.4. The van der Waals surface area contributed by atoms with Gasteiger partial charge in [0.15, 0.2) is 0 Å². The number of nitrogens with one attached hydrogen (secondary N) is 1. The van der Waals surface area contributed by atoms with Gasteiger partial charge >= 0.3 is 0 Å². The van der Waals surface area contributed by atoms with E-state index >= 15 is 0 Å². The number of methoxy groups -OCH3 is 1. The van der Waals surface area contributed by atoms with Gasteiger partial charge in [0, 0.05) is 19.5 Å². The second-order valence-electron chi connectivity index (χ2n) is 6.94. The molecular weight excluding hydrogens is 392 g/mol. The highest BCUT2D eigenvalue weighted by atomic mass is 32.2. The maximum atomic E-state index is 12.9. The van der Waals surface area contributed by atoms with Gasteiger partial charge in [0.25, 0.3) is 0 Å². The molecule has 0 spiro atoms. The molecule has 2 aromatic rings. The van der Waals surface area contributed by atoms with Gasteiger partial charge in [-0.1, -0.05) is 37.3 Å². The number of ether oxygens (including phenoxy) is 2. The molecule has 0 aromatic heterocycles. The Morgan fingerprint density at radius 2 is 1.86 bits per heavy atom. The zero-order valence-electron chi connectivity index (χ0n) is 16.6. The highest BCUT2D eigenvalue weighted by Gasteiger charge is 2.27. The molecule has 156 valence electrons. The zero-order chi connectivity index (χ0) is 20.9. The van der Waals surface area contributed by atoms with E-state index in [0.717, 1.165) is 5.56 Å². The fourth-order valence-corrected chi connectivity index (χ4v) is 4.69. The van der Waals surface area contributed by atoms with Crippen LogP contribution in [-0.4, -0.2) is 52.0 Å². The van der Waals surface area contributed by atoms with Crippen molar-refractivity contribution >= 4 is 21.6 Å². The molecule has 0 aliphatic carbocycles. The normalized spacial score (nSPS) is 16.2. The molecule has 0 bridgehead atoms. The highest BCUT2D eigenvalue weighted by molar-refractivity contribution is 7.89. The number of sulfonamides is 1. The Kier molecular flexibility index (Phi) is 6.89. The van der Waals surface area contributed by atoms with E-state index in [1.807, 2.05) is 37.3 Å². The van der Waals surface area contributed by atoms with Gasteiger partial charge in [-0.15, -0.1) is 0 Å². The monoisotopic (exact) mass is 418 g/mol. The maximum absolute atomic E-state index is 12.9. The minimum absolute atomic E-state index is 0.0301. The van der Waals surface area contributed by atoms with Crippen LogP contribution in [0.2, 0.25) is 0 Å². The summed E-state index contributed by atoms with van der Waals surface area (Å²) in [5, 5.41) is 2.81. The van der Waals surface area contributed by atoms with E-state index in [2.05, 4.69) is 5.32 Å². The standard InChI is InChI=1S/C21H26N2O5S/c1-16(17-6-4-3-5-7-17)14-21(24)22-19-15-18(8-9-20(19)27-2)29(25,26)23-10-12-28-13-11-23/h3-9,15-16H,10-14H2,1-2H3,(H,22,24). The Morgan fingerprint density at radius 1 is 1.17 bits per heavy atom. The van der Waals surface area contributed by atoms with Gasteiger partial charge in [-0.05, 0) is 29.7 Å². The van der Waals surface area contributed by atoms with Crippen LogP contribution in [0.25, 0.3) is 0 Å². The van der Waals surface area contributed by atoms with Crippen molar-refractivity contribution < 1.29 is 22.7 Å². The minimum atomic E-state index is -3.66. The smallest absolute Gasteiger partial charge is 0.243 e. The second-order valence-corrected chi connectivity index (χ2v) is 8.88. The number of benzene rings is 2. The van der Waals surface area contributed by atoms with Crippen LogP contribution in [0.5, 0.6) is 5.75 Å². The molecule has 1 fully saturated rings. The van der Waals surface area contributed by atoms with E-state index in [4.69, 9.17) is 9.47 Å². The molecular formula is C21H26N2O5S. The van der Waals surface area contributed by atoms with Gasteiger partial charge in [-0.2, -0.15) is 4.31 Å². The summed E-state index contributed by atoms with van der Waals surface area (Å²) < 4.78 is 37.7. The molecule has 1 aliphatic heterocycles. The third kappa shape index (κ3) is 5.14. The topological polar surface area (TPSA) is 84.9 Å². The van der Waals surface area contributed by atoms with Gasteiger partial charge in [0.1, 0.15) is 5.75 Å². The van der Waals surface area contributed by atoms with Gasteiger partial charge < -0.3 is 14.8 Å². The first-order valence-corrected chi connectivity index (χ1v) is 11.0. The Labute approximate surface area is 171 Å². The molecule has 1 aliphatic rings. The summed E-state index contributed by atoms with van der Waals surface area (Å²) in [7, 11) is -2.18. The quantitative estimate of drug-likeness (QED) is 0.747. The van der Waals surface area contributed by atoms with E-state index in [0.29, 0.717) is 37.7 Å². The lowest BCUT2D eigenvalue weighted by molar-refractivity contribution is -0.116. The van der Waals surface area contributed by atoms with Crippen LogP contribution in [0.3, 0.4) is 0 Å². The summed E-state index contributed by atoms with van der Waals surface area (Å²) in [5.41, 5.74) is 1.41. The van der Waals surface area contributed by atoms with E-state index in [9.17, 15) is 13.2 Å². The summed E-state index contributed by atoms with van der Waals surface area (Å²) in [4.78, 5) is 12.7. The maximum Gasteiger partial charge on any atom is 0.243 e. The van der Waals surface area contributed by atoms with Crippen molar-refractivity contribution in [2.75, 3.05) is 38.7 Å². The number of nitrogens with zero attached hydrogens (tertiary/aromatic N) is 1. The minimum Gasteiger partial charge on any atom is -0.495 e. The van der Waals surface area contributed by atoms with Gasteiger partial charge in [0.2, 0.25) is 15.9 Å². The van der Waals surface area contributed by atoms with Crippen molar-refractivity contribution in [2.24, 2.45) is 0 Å². The molecule has 1 N–H and O–H groups in total. The molecule has 3 rings (SSSR count). The van der Waals surface area contributed by atoms with Crippen molar-refractivity contribution in [3.63, 3.8) is 0 Å². The highest BCUT2D eigenvalue weighted by Crippen LogP contribution is 2.30. The fraction of sp³-hybridized carbons (Fsp3) is 0.381. The Balaban J connectivity index is 1.77. The number of hydrogen-bond donors (Lipinski definition) is 1. The largest absolute Gasteiger partial charge is 0.495 e. The molecule has 1 amide bonds. The molecule has 1 unspecified atom stereocenters. The molecule has 1 atom stereocenters. The first-order chi connectivity index (χ1) is 13.9. The first kappa shape index (κ1) is 21.3. The molecule has 0 radical (unpaired) electrons. The lowest BCUT2D eigenvalue weighted by Gasteiger charge is -2.26. The molecule has 7 nitrogen and oxygen atoms in total. The SMILES string of the molecule is COc1ccc(S(=O)(=O)N2CCOCC2)cc1NC(=O)CC(C)c1ccccc1. The summed E-state index contributed by atoms with van der Waals surface area (Å²) in [6.07, 6.45) is 0.271. The molecule has 0 saturated carbocycles. The van der Waals surface area contributed by atoms with Crippen LogP contribution in [0, 0.1) is 0 Å². The third-order valence-corrected chi connectivity index (χ3v) is 6.81.